The van der Waals surface area contributed by atoms with Gasteiger partial charge in [-0.05, 0) is 51.8 Å². The Labute approximate surface area is 195 Å². The molecule has 0 saturated carbocycles. The number of carbonyl (C=O) groups excluding carboxylic acids is 2. The van der Waals surface area contributed by atoms with Crippen molar-refractivity contribution in [2.45, 2.75) is 44.1 Å². The smallest absolute Gasteiger partial charge is 0.410 e. The highest BCUT2D eigenvalue weighted by Gasteiger charge is 2.31. The second kappa shape index (κ2) is 9.97. The average molecular weight is 484 g/mol. The van der Waals surface area contributed by atoms with E-state index in [0.29, 0.717) is 64.3 Å². The van der Waals surface area contributed by atoms with Crippen LogP contribution in [0.1, 0.15) is 33.6 Å². The van der Waals surface area contributed by atoms with Gasteiger partial charge in [-0.1, -0.05) is 0 Å². The fourth-order valence-corrected chi connectivity index (χ4v) is 4.94. The predicted molar refractivity (Wildman–Crippen MR) is 124 cm³/mol. The van der Waals surface area contributed by atoms with Gasteiger partial charge in [-0.25, -0.2) is 17.6 Å². The Morgan fingerprint density at radius 2 is 1.67 bits per heavy atom. The highest BCUT2D eigenvalue weighted by molar-refractivity contribution is 7.90. The minimum absolute atomic E-state index is 0.0562. The molecule has 2 aliphatic rings. The van der Waals surface area contributed by atoms with Crippen LogP contribution in [0, 0.1) is 11.7 Å². The van der Waals surface area contributed by atoms with Crippen LogP contribution in [0.5, 0.6) is 0 Å². The monoisotopic (exact) mass is 483 g/mol. The van der Waals surface area contributed by atoms with E-state index in [9.17, 15) is 22.4 Å². The summed E-state index contributed by atoms with van der Waals surface area (Å²) in [5.74, 6) is -0.611. The molecule has 0 N–H and O–H groups in total. The van der Waals surface area contributed by atoms with Crippen LogP contribution in [-0.4, -0.2) is 87.8 Å². The molecule has 2 fully saturated rings. The molecule has 3 rings (SSSR count). The van der Waals surface area contributed by atoms with Crippen LogP contribution >= 0.6 is 0 Å². The minimum Gasteiger partial charge on any atom is -0.444 e. The maximum Gasteiger partial charge on any atom is 0.410 e. The molecule has 0 radical (unpaired) electrons. The molecular weight excluding hydrogens is 449 g/mol. The molecule has 1 amide bonds. The fraction of sp³-hybridized carbons (Fsp3) is 0.652. The first-order chi connectivity index (χ1) is 15.3. The highest BCUT2D eigenvalue weighted by Crippen LogP contribution is 2.24. The maximum absolute atomic E-state index is 14.2. The summed E-state index contributed by atoms with van der Waals surface area (Å²) in [5, 5.41) is 0. The van der Waals surface area contributed by atoms with Crippen molar-refractivity contribution in [2.75, 3.05) is 57.0 Å². The first-order valence-corrected chi connectivity index (χ1v) is 13.2. The number of ketones is 1. The molecule has 0 atom stereocenters. The van der Waals surface area contributed by atoms with Crippen LogP contribution in [0.15, 0.2) is 23.1 Å². The number of benzene rings is 1. The molecule has 8 nitrogen and oxygen atoms in total. The Kier molecular flexibility index (Phi) is 7.68. The number of halogens is 1. The number of piperazine rings is 1. The molecule has 33 heavy (non-hydrogen) atoms. The van der Waals surface area contributed by atoms with E-state index in [4.69, 9.17) is 4.74 Å². The van der Waals surface area contributed by atoms with Crippen molar-refractivity contribution in [2.24, 2.45) is 5.92 Å². The maximum atomic E-state index is 14.2. The Balaban J connectivity index is 1.45. The molecule has 10 heteroatoms. The van der Waals surface area contributed by atoms with Gasteiger partial charge < -0.3 is 14.5 Å². The number of ether oxygens (including phenoxy) is 1. The minimum atomic E-state index is -3.60. The molecule has 1 aromatic carbocycles. The van der Waals surface area contributed by atoms with Gasteiger partial charge in [0.25, 0.3) is 0 Å². The summed E-state index contributed by atoms with van der Waals surface area (Å²) < 4.78 is 42.8. The van der Waals surface area contributed by atoms with Crippen LogP contribution in [0.25, 0.3) is 0 Å². The molecule has 2 heterocycles. The molecule has 184 valence electrons. The number of rotatable bonds is 5. The van der Waals surface area contributed by atoms with E-state index in [-0.39, 0.29) is 22.7 Å². The number of hydrogen-bond donors (Lipinski definition) is 0. The third-order valence-corrected chi connectivity index (χ3v) is 7.16. The lowest BCUT2D eigenvalue weighted by Gasteiger charge is -2.37. The summed E-state index contributed by atoms with van der Waals surface area (Å²) in [6.45, 7) is 9.50. The Hall–Kier alpha value is -2.20. The van der Waals surface area contributed by atoms with Gasteiger partial charge in [-0.2, -0.15) is 0 Å². The van der Waals surface area contributed by atoms with Crippen LogP contribution in [0.4, 0.5) is 14.9 Å². The molecule has 0 unspecified atom stereocenters. The average Bonchev–Trinajstić information content (AvgIpc) is 2.72. The first kappa shape index (κ1) is 25.4. The normalized spacial score (nSPS) is 18.9. The zero-order valence-electron chi connectivity index (χ0n) is 19.8. The quantitative estimate of drug-likeness (QED) is 0.636. The Bertz CT molecular complexity index is 976. The first-order valence-electron chi connectivity index (χ1n) is 11.3. The summed E-state index contributed by atoms with van der Waals surface area (Å²) in [6, 6.07) is 4.19. The van der Waals surface area contributed by atoms with Crippen LogP contribution in [0.2, 0.25) is 0 Å². The standard InChI is InChI=1S/C23H34FN3O5S/c1-23(2,3)32-22(29)27-9-7-17(8-10-27)20(28)16-25-11-13-26(14-12-25)18-5-6-21(19(24)15-18)33(4,30)31/h5-6,15,17H,7-14,16H2,1-4H3. The third kappa shape index (κ3) is 6.89. The molecule has 2 saturated heterocycles. The lowest BCUT2D eigenvalue weighted by molar-refractivity contribution is -0.125. The summed E-state index contributed by atoms with van der Waals surface area (Å²) in [4.78, 5) is 30.5. The second-order valence-electron chi connectivity index (χ2n) is 9.86. The number of nitrogens with zero attached hydrogens (tertiary/aromatic N) is 3. The fourth-order valence-electron chi connectivity index (χ4n) is 4.21. The Morgan fingerprint density at radius 3 is 2.18 bits per heavy atom. The number of Topliss-reactive ketones (excluding diaryl/α,β-unsaturated/α-hetero) is 1. The van der Waals surface area contributed by atoms with E-state index in [1.165, 1.54) is 12.1 Å². The SMILES string of the molecule is CC(C)(C)OC(=O)N1CCC(C(=O)CN2CCN(c3ccc(S(C)(=O)=O)c(F)c3)CC2)CC1. The highest BCUT2D eigenvalue weighted by atomic mass is 32.2. The van der Waals surface area contributed by atoms with Gasteiger partial charge in [0.05, 0.1) is 6.54 Å². The van der Waals surface area contributed by atoms with Gasteiger partial charge in [0.1, 0.15) is 22.1 Å². The van der Waals surface area contributed by atoms with Crippen molar-refractivity contribution < 1.29 is 27.1 Å². The predicted octanol–water partition coefficient (Wildman–Crippen LogP) is 2.57. The summed E-state index contributed by atoms with van der Waals surface area (Å²) >= 11 is 0. The molecule has 1 aromatic rings. The summed E-state index contributed by atoms with van der Waals surface area (Å²) in [7, 11) is -3.60. The van der Waals surface area contributed by atoms with Crippen molar-refractivity contribution in [1.29, 1.82) is 0 Å². The number of piperidine rings is 1. The van der Waals surface area contributed by atoms with Crippen molar-refractivity contribution in [3.63, 3.8) is 0 Å². The summed E-state index contributed by atoms with van der Waals surface area (Å²) in [6.07, 6.45) is 1.95. The number of likely N-dealkylation sites (tertiary alicyclic amines) is 1. The molecule has 2 aliphatic heterocycles. The van der Waals surface area contributed by atoms with E-state index in [1.54, 1.807) is 11.0 Å². The zero-order valence-corrected chi connectivity index (χ0v) is 20.7. The van der Waals surface area contributed by atoms with Crippen LogP contribution < -0.4 is 4.90 Å². The van der Waals surface area contributed by atoms with Crippen LogP contribution in [-0.2, 0) is 19.4 Å². The number of sulfone groups is 1. The van der Waals surface area contributed by atoms with Crippen molar-refractivity contribution in [3.05, 3.63) is 24.0 Å². The zero-order chi connectivity index (χ0) is 24.4. The second-order valence-corrected chi connectivity index (χ2v) is 11.8. The molecule has 0 aromatic heterocycles. The molecular formula is C23H34FN3O5S. The van der Waals surface area contributed by atoms with Gasteiger partial charge in [-0.15, -0.1) is 0 Å². The van der Waals surface area contributed by atoms with Crippen molar-refractivity contribution in [1.82, 2.24) is 9.80 Å². The van der Waals surface area contributed by atoms with E-state index >= 15 is 0 Å². The number of hydrogen-bond acceptors (Lipinski definition) is 7. The Morgan fingerprint density at radius 1 is 1.06 bits per heavy atom. The van der Waals surface area contributed by atoms with Gasteiger partial charge in [0, 0.05) is 57.1 Å². The van der Waals surface area contributed by atoms with E-state index in [1.807, 2.05) is 25.7 Å². The lowest BCUT2D eigenvalue weighted by atomic mass is 9.92. The van der Waals surface area contributed by atoms with Gasteiger partial charge in [0.2, 0.25) is 0 Å². The van der Waals surface area contributed by atoms with Crippen molar-refractivity contribution in [3.8, 4) is 0 Å². The lowest BCUT2D eigenvalue weighted by Crippen LogP contribution is -2.49. The van der Waals surface area contributed by atoms with E-state index in [0.717, 1.165) is 6.26 Å². The van der Waals surface area contributed by atoms with E-state index < -0.39 is 21.3 Å². The third-order valence-electron chi connectivity index (χ3n) is 6.03. The van der Waals surface area contributed by atoms with Crippen molar-refractivity contribution >= 4 is 27.4 Å². The topological polar surface area (TPSA) is 87.2 Å². The largest absolute Gasteiger partial charge is 0.444 e. The van der Waals surface area contributed by atoms with Gasteiger partial charge >= 0.3 is 6.09 Å². The molecule has 0 spiro atoms. The number of carbonyl (C=O) groups is 2. The molecule has 0 bridgehead atoms. The van der Waals surface area contributed by atoms with Gasteiger partial charge in [-0.3, -0.25) is 9.69 Å². The number of anilines is 1. The molecule has 0 aliphatic carbocycles. The summed E-state index contributed by atoms with van der Waals surface area (Å²) in [5.41, 5.74) is 0.105. The van der Waals surface area contributed by atoms with Crippen LogP contribution in [0.3, 0.4) is 0 Å². The van der Waals surface area contributed by atoms with Gasteiger partial charge in [0.15, 0.2) is 9.84 Å². The number of amides is 1. The van der Waals surface area contributed by atoms with E-state index in [2.05, 4.69) is 4.90 Å².